The van der Waals surface area contributed by atoms with E-state index in [0.29, 0.717) is 31.2 Å². The summed E-state index contributed by atoms with van der Waals surface area (Å²) in [6, 6.07) is 4.89. The molecule has 24 heavy (non-hydrogen) atoms. The second-order valence-corrected chi connectivity index (χ2v) is 7.10. The lowest BCUT2D eigenvalue weighted by atomic mass is 10.1. The maximum absolute atomic E-state index is 13.2. The Balaban J connectivity index is 0.00000529. The zero-order valence-corrected chi connectivity index (χ0v) is 17.4. The van der Waals surface area contributed by atoms with Gasteiger partial charge in [0.05, 0.1) is 12.3 Å². The van der Waals surface area contributed by atoms with Crippen molar-refractivity contribution in [3.05, 3.63) is 35.1 Å². The van der Waals surface area contributed by atoms with Crippen LogP contribution in [-0.2, 0) is 16.6 Å². The van der Waals surface area contributed by atoms with Crippen molar-refractivity contribution < 1.29 is 12.8 Å². The third kappa shape index (κ3) is 8.78. The number of aryl methyl sites for hydroxylation is 1. The number of nitrogens with zero attached hydrogens (tertiary/aromatic N) is 1. The number of nitrogens with one attached hydrogen (secondary N) is 3. The molecule has 1 aromatic rings. The lowest BCUT2D eigenvalue weighted by Gasteiger charge is -2.12. The summed E-state index contributed by atoms with van der Waals surface area (Å²) in [5, 5.41) is 6.13. The van der Waals surface area contributed by atoms with Crippen molar-refractivity contribution in [1.29, 1.82) is 0 Å². The highest BCUT2D eigenvalue weighted by molar-refractivity contribution is 14.0. The van der Waals surface area contributed by atoms with Gasteiger partial charge in [-0.15, -0.1) is 24.0 Å². The van der Waals surface area contributed by atoms with E-state index in [1.54, 1.807) is 26.0 Å². The monoisotopic (exact) mass is 472 g/mol. The Morgan fingerprint density at radius 1 is 1.21 bits per heavy atom. The number of benzene rings is 1. The normalized spacial score (nSPS) is 11.8. The van der Waals surface area contributed by atoms with Crippen molar-refractivity contribution in [3.63, 3.8) is 0 Å². The van der Waals surface area contributed by atoms with E-state index in [1.807, 2.05) is 6.92 Å². The van der Waals surface area contributed by atoms with Crippen molar-refractivity contribution in [2.24, 2.45) is 4.99 Å². The van der Waals surface area contributed by atoms with Crippen LogP contribution < -0.4 is 15.4 Å². The quantitative estimate of drug-likeness (QED) is 0.233. The minimum absolute atomic E-state index is 0. The molecule has 0 aromatic heterocycles. The van der Waals surface area contributed by atoms with Gasteiger partial charge in [-0.25, -0.2) is 22.5 Å². The molecule has 0 atom stereocenters. The van der Waals surface area contributed by atoms with E-state index >= 15 is 0 Å². The molecular formula is C15H26FIN4O2S. The van der Waals surface area contributed by atoms with E-state index in [-0.39, 0.29) is 42.1 Å². The number of sulfonamides is 1. The molecule has 0 fully saturated rings. The van der Waals surface area contributed by atoms with Crippen LogP contribution in [0.5, 0.6) is 0 Å². The van der Waals surface area contributed by atoms with E-state index < -0.39 is 10.0 Å². The molecular weight excluding hydrogens is 446 g/mol. The largest absolute Gasteiger partial charge is 0.357 e. The van der Waals surface area contributed by atoms with E-state index in [1.165, 1.54) is 6.07 Å². The van der Waals surface area contributed by atoms with Gasteiger partial charge in [-0.2, -0.15) is 0 Å². The molecule has 0 aliphatic heterocycles. The highest BCUT2D eigenvalue weighted by Crippen LogP contribution is 2.09. The predicted molar refractivity (Wildman–Crippen MR) is 107 cm³/mol. The Bertz CT molecular complexity index is 638. The summed E-state index contributed by atoms with van der Waals surface area (Å²) in [7, 11) is -3.18. The Morgan fingerprint density at radius 2 is 1.92 bits per heavy atom. The second kappa shape index (κ2) is 11.6. The molecule has 0 radical (unpaired) electrons. The predicted octanol–water partition coefficient (Wildman–Crippen LogP) is 1.75. The standard InChI is InChI=1S/C15H25FN4O2S.HI/c1-4-17-15(18-8-9-20-23(21,22)5-2)19-11-13-6-7-14(16)12(3)10-13;/h6-7,10,20H,4-5,8-9,11H2,1-3H3,(H2,17,18,19);1H. The highest BCUT2D eigenvalue weighted by atomic mass is 127. The lowest BCUT2D eigenvalue weighted by molar-refractivity contribution is 0.581. The fraction of sp³-hybridized carbons (Fsp3) is 0.533. The maximum atomic E-state index is 13.2. The van der Waals surface area contributed by atoms with Crippen molar-refractivity contribution in [2.75, 3.05) is 25.4 Å². The number of halogens is 2. The number of guanidine groups is 1. The molecule has 1 rings (SSSR count). The van der Waals surface area contributed by atoms with Crippen LogP contribution in [0.4, 0.5) is 4.39 Å². The van der Waals surface area contributed by atoms with Crippen molar-refractivity contribution in [1.82, 2.24) is 15.4 Å². The second-order valence-electron chi connectivity index (χ2n) is 5.00. The summed E-state index contributed by atoms with van der Waals surface area (Å²) >= 11 is 0. The van der Waals surface area contributed by atoms with Gasteiger partial charge in [0, 0.05) is 19.6 Å². The van der Waals surface area contributed by atoms with Crippen LogP contribution in [0.15, 0.2) is 23.2 Å². The SMILES string of the molecule is CCNC(=NCc1ccc(F)c(C)c1)NCCNS(=O)(=O)CC.I. The van der Waals surface area contributed by atoms with Crippen LogP contribution >= 0.6 is 24.0 Å². The van der Waals surface area contributed by atoms with Crippen molar-refractivity contribution >= 4 is 40.0 Å². The first kappa shape index (κ1) is 23.1. The van der Waals surface area contributed by atoms with E-state index in [2.05, 4.69) is 20.3 Å². The smallest absolute Gasteiger partial charge is 0.211 e. The summed E-state index contributed by atoms with van der Waals surface area (Å²) in [6.07, 6.45) is 0. The van der Waals surface area contributed by atoms with Gasteiger partial charge in [0.15, 0.2) is 5.96 Å². The molecule has 0 saturated heterocycles. The zero-order chi connectivity index (χ0) is 17.3. The third-order valence-corrected chi connectivity index (χ3v) is 4.51. The van der Waals surface area contributed by atoms with Gasteiger partial charge in [-0.3, -0.25) is 0 Å². The number of rotatable bonds is 8. The van der Waals surface area contributed by atoms with Gasteiger partial charge in [-0.05, 0) is 38.0 Å². The molecule has 9 heteroatoms. The molecule has 0 bridgehead atoms. The van der Waals surface area contributed by atoms with Crippen LogP contribution in [0.2, 0.25) is 0 Å². The molecule has 1 aromatic carbocycles. The van der Waals surface area contributed by atoms with Gasteiger partial charge in [-0.1, -0.05) is 12.1 Å². The molecule has 6 nitrogen and oxygen atoms in total. The fourth-order valence-corrected chi connectivity index (χ4v) is 2.42. The molecule has 3 N–H and O–H groups in total. The average molecular weight is 472 g/mol. The van der Waals surface area contributed by atoms with Crippen LogP contribution in [0.3, 0.4) is 0 Å². The van der Waals surface area contributed by atoms with Crippen LogP contribution in [0, 0.1) is 12.7 Å². The van der Waals surface area contributed by atoms with Gasteiger partial charge in [0.2, 0.25) is 10.0 Å². The Kier molecular flexibility index (Phi) is 11.1. The van der Waals surface area contributed by atoms with E-state index in [4.69, 9.17) is 0 Å². The first-order valence-electron chi connectivity index (χ1n) is 7.62. The van der Waals surface area contributed by atoms with Crippen LogP contribution in [-0.4, -0.2) is 39.8 Å². The molecule has 0 spiro atoms. The summed E-state index contributed by atoms with van der Waals surface area (Å²) in [6.45, 7) is 7.06. The third-order valence-electron chi connectivity index (χ3n) is 3.11. The molecule has 0 saturated carbocycles. The maximum Gasteiger partial charge on any atom is 0.211 e. The Morgan fingerprint density at radius 3 is 2.50 bits per heavy atom. The van der Waals surface area contributed by atoms with E-state index in [9.17, 15) is 12.8 Å². The minimum Gasteiger partial charge on any atom is -0.357 e. The van der Waals surface area contributed by atoms with Gasteiger partial charge < -0.3 is 10.6 Å². The first-order valence-corrected chi connectivity index (χ1v) is 9.27. The van der Waals surface area contributed by atoms with Crippen molar-refractivity contribution in [2.45, 2.75) is 27.3 Å². The summed E-state index contributed by atoms with van der Waals surface area (Å²) in [5.41, 5.74) is 1.50. The summed E-state index contributed by atoms with van der Waals surface area (Å²) in [4.78, 5) is 4.40. The minimum atomic E-state index is -3.18. The molecule has 0 aliphatic carbocycles. The Labute approximate surface area is 160 Å². The van der Waals surface area contributed by atoms with Crippen LogP contribution in [0.1, 0.15) is 25.0 Å². The highest BCUT2D eigenvalue weighted by Gasteiger charge is 2.05. The van der Waals surface area contributed by atoms with Gasteiger partial charge in [0.1, 0.15) is 5.82 Å². The molecule has 0 heterocycles. The summed E-state index contributed by atoms with van der Waals surface area (Å²) in [5.74, 6) is 0.418. The summed E-state index contributed by atoms with van der Waals surface area (Å²) < 4.78 is 38.4. The lowest BCUT2D eigenvalue weighted by Crippen LogP contribution is -2.41. The van der Waals surface area contributed by atoms with Crippen molar-refractivity contribution in [3.8, 4) is 0 Å². The first-order chi connectivity index (χ1) is 10.9. The number of hydrogen-bond acceptors (Lipinski definition) is 3. The van der Waals surface area contributed by atoms with Gasteiger partial charge >= 0.3 is 0 Å². The fourth-order valence-electron chi connectivity index (χ4n) is 1.81. The van der Waals surface area contributed by atoms with Gasteiger partial charge in [0.25, 0.3) is 0 Å². The molecule has 0 unspecified atom stereocenters. The molecule has 0 aliphatic rings. The number of hydrogen-bond donors (Lipinski definition) is 3. The topological polar surface area (TPSA) is 82.6 Å². The average Bonchev–Trinajstić information content (AvgIpc) is 2.52. The zero-order valence-electron chi connectivity index (χ0n) is 14.2. The van der Waals surface area contributed by atoms with Crippen LogP contribution in [0.25, 0.3) is 0 Å². The van der Waals surface area contributed by atoms with E-state index in [0.717, 1.165) is 5.56 Å². The Hall–Kier alpha value is -0.940. The molecule has 0 amide bonds. The molecule has 138 valence electrons. The number of aliphatic imine (C=N–C) groups is 1.